The lowest BCUT2D eigenvalue weighted by Gasteiger charge is -2.43. The van der Waals surface area contributed by atoms with Crippen LogP contribution in [0.25, 0.3) is 17.2 Å². The van der Waals surface area contributed by atoms with Gasteiger partial charge in [-0.1, -0.05) is 75.7 Å². The molecule has 0 aliphatic heterocycles. The predicted octanol–water partition coefficient (Wildman–Crippen LogP) is 6.02. The monoisotopic (exact) mass is 334 g/mol. The number of hydrogen-bond acceptors (Lipinski definition) is 1. The van der Waals surface area contributed by atoms with E-state index in [-0.39, 0.29) is 17.4 Å². The Morgan fingerprint density at radius 1 is 1.00 bits per heavy atom. The average Bonchev–Trinajstić information content (AvgIpc) is 2.57. The Morgan fingerprint density at radius 3 is 2.44 bits per heavy atom. The zero-order valence-electron chi connectivity index (χ0n) is 16.2. The molecular weight excluding hydrogens is 304 g/mol. The highest BCUT2D eigenvalue weighted by Gasteiger charge is 2.38. The minimum atomic E-state index is 0.0747. The van der Waals surface area contributed by atoms with Crippen LogP contribution < -0.4 is 0 Å². The Bertz CT molecular complexity index is 809. The summed E-state index contributed by atoms with van der Waals surface area (Å²) in [5.74, 6) is 0. The number of rotatable bonds is 3. The highest BCUT2D eigenvalue weighted by atomic mass is 16.2. The molecule has 1 aliphatic rings. The molecule has 0 saturated carbocycles. The van der Waals surface area contributed by atoms with Crippen molar-refractivity contribution in [3.63, 3.8) is 0 Å². The van der Waals surface area contributed by atoms with Crippen molar-refractivity contribution < 1.29 is 5.11 Å². The van der Waals surface area contributed by atoms with Crippen LogP contribution in [0.1, 0.15) is 62.8 Å². The zero-order chi connectivity index (χ0) is 18.2. The van der Waals surface area contributed by atoms with Crippen LogP contribution in [-0.2, 0) is 10.8 Å². The van der Waals surface area contributed by atoms with Gasteiger partial charge in [0.2, 0.25) is 0 Å². The highest BCUT2D eigenvalue weighted by Crippen LogP contribution is 2.49. The summed E-state index contributed by atoms with van der Waals surface area (Å²) in [6.45, 7) is 11.8. The molecule has 0 atom stereocenters. The first-order chi connectivity index (χ1) is 11.7. The average molecular weight is 335 g/mol. The number of fused-ring (bicyclic) bond motifs is 1. The molecule has 1 nitrogen and oxygen atoms in total. The summed E-state index contributed by atoms with van der Waals surface area (Å²) in [7, 11) is 0. The molecule has 25 heavy (non-hydrogen) atoms. The third-order valence-electron chi connectivity index (χ3n) is 5.68. The standard InChI is InChI=1S/C24H30O/c1-17-14-20(19-10-6-8-18(16-19)9-7-13-25)22-21(15-17)23(2,3)11-12-24(22,4)5/h6-10,14-16,25H,11-13H2,1-5H3/b9-7+. The van der Waals surface area contributed by atoms with Crippen LogP contribution in [0.5, 0.6) is 0 Å². The second kappa shape index (κ2) is 6.46. The molecule has 0 spiro atoms. The summed E-state index contributed by atoms with van der Waals surface area (Å²) < 4.78 is 0. The fraction of sp³-hybridized carbons (Fsp3) is 0.417. The lowest BCUT2D eigenvalue weighted by atomic mass is 9.61. The Morgan fingerprint density at radius 2 is 1.72 bits per heavy atom. The third kappa shape index (κ3) is 3.43. The van der Waals surface area contributed by atoms with Gasteiger partial charge in [-0.05, 0) is 64.5 Å². The van der Waals surface area contributed by atoms with Crippen molar-refractivity contribution in [2.75, 3.05) is 6.61 Å². The van der Waals surface area contributed by atoms with Gasteiger partial charge in [-0.15, -0.1) is 0 Å². The van der Waals surface area contributed by atoms with Gasteiger partial charge in [0.1, 0.15) is 0 Å². The summed E-state index contributed by atoms with van der Waals surface area (Å²) in [6.07, 6.45) is 6.22. The van der Waals surface area contributed by atoms with E-state index in [9.17, 15) is 0 Å². The first-order valence-electron chi connectivity index (χ1n) is 9.28. The molecule has 3 rings (SSSR count). The van der Waals surface area contributed by atoms with Crippen LogP contribution in [0, 0.1) is 6.92 Å². The Kier molecular flexibility index (Phi) is 4.64. The molecule has 1 aliphatic carbocycles. The molecule has 132 valence electrons. The van der Waals surface area contributed by atoms with E-state index in [1.807, 2.05) is 6.08 Å². The molecule has 2 aromatic carbocycles. The highest BCUT2D eigenvalue weighted by molar-refractivity contribution is 5.74. The lowest BCUT2D eigenvalue weighted by molar-refractivity contribution is 0.332. The van der Waals surface area contributed by atoms with Gasteiger partial charge in [0, 0.05) is 0 Å². The fourth-order valence-electron chi connectivity index (χ4n) is 4.16. The van der Waals surface area contributed by atoms with Gasteiger partial charge in [0.25, 0.3) is 0 Å². The fourth-order valence-corrected chi connectivity index (χ4v) is 4.16. The summed E-state index contributed by atoms with van der Waals surface area (Å²) in [4.78, 5) is 0. The van der Waals surface area contributed by atoms with Gasteiger partial charge in [-0.25, -0.2) is 0 Å². The Labute approximate surface area is 152 Å². The quantitative estimate of drug-likeness (QED) is 0.728. The van der Waals surface area contributed by atoms with Gasteiger partial charge < -0.3 is 5.11 Å². The van der Waals surface area contributed by atoms with Crippen LogP contribution in [0.2, 0.25) is 0 Å². The second-order valence-electron chi connectivity index (χ2n) is 8.71. The predicted molar refractivity (Wildman–Crippen MR) is 108 cm³/mol. The molecule has 0 aromatic heterocycles. The number of benzene rings is 2. The molecule has 0 amide bonds. The van der Waals surface area contributed by atoms with E-state index < -0.39 is 0 Å². The first kappa shape index (κ1) is 17.9. The molecule has 1 heteroatoms. The molecule has 0 radical (unpaired) electrons. The molecule has 2 aromatic rings. The smallest absolute Gasteiger partial charge is 0.0615 e. The zero-order valence-corrected chi connectivity index (χ0v) is 16.2. The van der Waals surface area contributed by atoms with E-state index in [0.717, 1.165) is 5.56 Å². The van der Waals surface area contributed by atoms with Crippen LogP contribution in [0.15, 0.2) is 42.5 Å². The van der Waals surface area contributed by atoms with E-state index in [0.29, 0.717) is 0 Å². The maximum atomic E-state index is 9.05. The van der Waals surface area contributed by atoms with Gasteiger partial charge in [-0.3, -0.25) is 0 Å². The van der Waals surface area contributed by atoms with Gasteiger partial charge in [-0.2, -0.15) is 0 Å². The third-order valence-corrected chi connectivity index (χ3v) is 5.68. The number of aryl methyl sites for hydroxylation is 1. The number of aliphatic hydroxyl groups excluding tert-OH is 1. The topological polar surface area (TPSA) is 20.2 Å². The SMILES string of the molecule is Cc1cc(-c2cccc(/C=C/CO)c2)c2c(c1)C(C)(C)CCC2(C)C. The summed E-state index contributed by atoms with van der Waals surface area (Å²) >= 11 is 0. The molecule has 0 fully saturated rings. The number of aliphatic hydroxyl groups is 1. The lowest BCUT2D eigenvalue weighted by Crippen LogP contribution is -2.34. The molecule has 0 unspecified atom stereocenters. The summed E-state index contributed by atoms with van der Waals surface area (Å²) in [5.41, 5.74) is 8.53. The molecule has 0 heterocycles. The largest absolute Gasteiger partial charge is 0.392 e. The van der Waals surface area contributed by atoms with Gasteiger partial charge in [0.05, 0.1) is 6.61 Å². The molecule has 0 saturated heterocycles. The number of hydrogen-bond donors (Lipinski definition) is 1. The van der Waals surface area contributed by atoms with Crippen LogP contribution >= 0.6 is 0 Å². The van der Waals surface area contributed by atoms with Crippen molar-refractivity contribution in [2.45, 2.75) is 58.3 Å². The Balaban J connectivity index is 2.25. The maximum absolute atomic E-state index is 9.05. The molecular formula is C24H30O. The van der Waals surface area contributed by atoms with E-state index in [1.165, 1.54) is 40.7 Å². The molecule has 0 bridgehead atoms. The van der Waals surface area contributed by atoms with Crippen molar-refractivity contribution >= 4 is 6.08 Å². The van der Waals surface area contributed by atoms with Gasteiger partial charge >= 0.3 is 0 Å². The minimum absolute atomic E-state index is 0.0747. The van der Waals surface area contributed by atoms with Crippen molar-refractivity contribution in [3.05, 3.63) is 64.7 Å². The Hall–Kier alpha value is -1.86. The van der Waals surface area contributed by atoms with E-state index in [4.69, 9.17) is 5.11 Å². The van der Waals surface area contributed by atoms with Crippen molar-refractivity contribution in [2.24, 2.45) is 0 Å². The first-order valence-corrected chi connectivity index (χ1v) is 9.28. The van der Waals surface area contributed by atoms with E-state index in [1.54, 1.807) is 6.08 Å². The van der Waals surface area contributed by atoms with Crippen molar-refractivity contribution in [1.82, 2.24) is 0 Å². The summed E-state index contributed by atoms with van der Waals surface area (Å²) in [5, 5.41) is 9.05. The van der Waals surface area contributed by atoms with Crippen LogP contribution in [0.3, 0.4) is 0 Å². The molecule has 1 N–H and O–H groups in total. The maximum Gasteiger partial charge on any atom is 0.0615 e. The summed E-state index contributed by atoms with van der Waals surface area (Å²) in [6, 6.07) is 13.4. The van der Waals surface area contributed by atoms with Crippen molar-refractivity contribution in [3.8, 4) is 11.1 Å². The van der Waals surface area contributed by atoms with Crippen LogP contribution in [-0.4, -0.2) is 11.7 Å². The second-order valence-corrected chi connectivity index (χ2v) is 8.71. The minimum Gasteiger partial charge on any atom is -0.392 e. The van der Waals surface area contributed by atoms with Crippen molar-refractivity contribution in [1.29, 1.82) is 0 Å². The normalized spacial score (nSPS) is 18.3. The van der Waals surface area contributed by atoms with E-state index in [2.05, 4.69) is 71.0 Å². The van der Waals surface area contributed by atoms with E-state index >= 15 is 0 Å². The van der Waals surface area contributed by atoms with Gasteiger partial charge in [0.15, 0.2) is 0 Å². The van der Waals surface area contributed by atoms with Crippen LogP contribution in [0.4, 0.5) is 0 Å².